The van der Waals surface area contributed by atoms with Gasteiger partial charge in [-0.15, -0.1) is 0 Å². The molecule has 41 heavy (non-hydrogen) atoms. The summed E-state index contributed by atoms with van der Waals surface area (Å²) in [6.45, 7) is 5.03. The second-order valence-corrected chi connectivity index (χ2v) is 11.0. The Hall–Kier alpha value is -3.50. The molecule has 5 rings (SSSR count). The van der Waals surface area contributed by atoms with Gasteiger partial charge in [-0.1, -0.05) is 31.5 Å². The zero-order valence-electron chi connectivity index (χ0n) is 23.8. The molecule has 0 radical (unpaired) electrons. The summed E-state index contributed by atoms with van der Waals surface area (Å²) in [5.74, 6) is 0.882. The fraction of sp³-hybridized carbons (Fsp3) is 0.548. The van der Waals surface area contributed by atoms with Crippen molar-refractivity contribution in [1.82, 2.24) is 9.80 Å². The molecule has 3 aliphatic rings. The highest BCUT2D eigenvalue weighted by atomic mass is 16.7. The molecule has 0 unspecified atom stereocenters. The topological polar surface area (TPSA) is 124 Å². The van der Waals surface area contributed by atoms with Crippen molar-refractivity contribution in [1.29, 1.82) is 0 Å². The van der Waals surface area contributed by atoms with Gasteiger partial charge in [-0.3, -0.25) is 14.5 Å². The number of nitrogens with zero attached hydrogens (tertiary/aromatic N) is 2. The summed E-state index contributed by atoms with van der Waals surface area (Å²) in [7, 11) is 0. The summed E-state index contributed by atoms with van der Waals surface area (Å²) >= 11 is 0. The Bertz CT molecular complexity index is 1220. The fourth-order valence-corrected chi connectivity index (χ4v) is 6.26. The Labute approximate surface area is 241 Å². The van der Waals surface area contributed by atoms with Gasteiger partial charge in [0, 0.05) is 31.6 Å². The molecule has 0 spiro atoms. The molecule has 0 bridgehead atoms. The van der Waals surface area contributed by atoms with Gasteiger partial charge >= 0.3 is 5.97 Å². The molecule has 1 saturated heterocycles. The van der Waals surface area contributed by atoms with E-state index in [0.717, 1.165) is 42.6 Å². The van der Waals surface area contributed by atoms with Crippen molar-refractivity contribution in [2.45, 2.75) is 57.4 Å². The van der Waals surface area contributed by atoms with E-state index in [9.17, 15) is 14.7 Å². The van der Waals surface area contributed by atoms with Crippen LogP contribution in [0.2, 0.25) is 0 Å². The number of aryl methyl sites for hydroxylation is 1. The number of benzene rings is 2. The van der Waals surface area contributed by atoms with Crippen molar-refractivity contribution >= 4 is 11.9 Å². The maximum Gasteiger partial charge on any atom is 0.308 e. The second-order valence-electron chi connectivity index (χ2n) is 11.0. The Morgan fingerprint density at radius 2 is 1.78 bits per heavy atom. The predicted octanol–water partition coefficient (Wildman–Crippen LogP) is 3.61. The monoisotopic (exact) mass is 567 g/mol. The average molecular weight is 568 g/mol. The largest absolute Gasteiger partial charge is 0.481 e. The van der Waals surface area contributed by atoms with Crippen LogP contribution in [-0.4, -0.2) is 79.1 Å². The summed E-state index contributed by atoms with van der Waals surface area (Å²) in [5.41, 5.74) is 7.56. The average Bonchev–Trinajstić information content (AvgIpc) is 3.72. The van der Waals surface area contributed by atoms with Crippen molar-refractivity contribution in [2.75, 3.05) is 46.3 Å². The summed E-state index contributed by atoms with van der Waals surface area (Å²) in [5, 5.41) is 10.5. The fourth-order valence-electron chi connectivity index (χ4n) is 6.26. The number of amides is 1. The Morgan fingerprint density at radius 3 is 2.59 bits per heavy atom. The first-order chi connectivity index (χ1) is 20.0. The lowest BCUT2D eigenvalue weighted by Gasteiger charge is -2.30. The number of carboxylic acid groups (broad SMARTS) is 1. The Balaban J connectivity index is 1.40. The lowest BCUT2D eigenvalue weighted by Crippen LogP contribution is -2.45. The summed E-state index contributed by atoms with van der Waals surface area (Å²) in [6, 6.07) is 11.1. The van der Waals surface area contributed by atoms with Crippen LogP contribution in [0.15, 0.2) is 36.4 Å². The first-order valence-corrected chi connectivity index (χ1v) is 14.7. The number of carboxylic acids is 1. The molecule has 2 aromatic rings. The van der Waals surface area contributed by atoms with Crippen LogP contribution in [0.25, 0.3) is 0 Å². The number of nitrogens with two attached hydrogens (primary N) is 1. The van der Waals surface area contributed by atoms with E-state index >= 15 is 0 Å². The Morgan fingerprint density at radius 1 is 1.00 bits per heavy atom. The molecule has 10 nitrogen and oxygen atoms in total. The van der Waals surface area contributed by atoms with E-state index in [1.54, 1.807) is 0 Å². The number of ether oxygens (including phenoxy) is 4. The van der Waals surface area contributed by atoms with Crippen LogP contribution in [0.3, 0.4) is 0 Å². The number of unbranched alkanes of at least 4 members (excludes halogenated alkanes) is 2. The molecule has 0 aromatic heterocycles. The zero-order valence-corrected chi connectivity index (χ0v) is 23.8. The maximum absolute atomic E-state index is 13.7. The summed E-state index contributed by atoms with van der Waals surface area (Å²) in [6.07, 6.45) is 4.81. The molecular weight excluding hydrogens is 526 g/mol. The van der Waals surface area contributed by atoms with Crippen LogP contribution in [-0.2, 0) is 16.0 Å². The smallest absolute Gasteiger partial charge is 0.308 e. The van der Waals surface area contributed by atoms with E-state index in [-0.39, 0.29) is 38.0 Å². The van der Waals surface area contributed by atoms with Gasteiger partial charge in [0.05, 0.1) is 12.5 Å². The number of likely N-dealkylation sites (tertiary alicyclic amines) is 1. The number of rotatable bonds is 14. The SMILES string of the molecule is CCCCN(CCCCN)C(=O)CN1C[C@H](c2ccc3c(c2)OCO3)[C@@H](C(=O)O)[C@@H]1CCc1cccc2c1OCO2. The lowest BCUT2D eigenvalue weighted by atomic mass is 9.83. The number of fused-ring (bicyclic) bond motifs is 2. The third kappa shape index (κ3) is 6.54. The van der Waals surface area contributed by atoms with Crippen LogP contribution in [0.1, 0.15) is 56.1 Å². The number of carbonyl (C=O) groups excluding carboxylic acids is 1. The van der Waals surface area contributed by atoms with Crippen molar-refractivity contribution < 1.29 is 33.6 Å². The molecule has 222 valence electrons. The van der Waals surface area contributed by atoms with Crippen molar-refractivity contribution in [3.63, 3.8) is 0 Å². The van der Waals surface area contributed by atoms with E-state index in [0.29, 0.717) is 56.3 Å². The van der Waals surface area contributed by atoms with Gasteiger partial charge in [-0.2, -0.15) is 0 Å². The van der Waals surface area contributed by atoms with E-state index in [2.05, 4.69) is 11.8 Å². The van der Waals surface area contributed by atoms with E-state index in [1.807, 2.05) is 41.3 Å². The molecule has 0 aliphatic carbocycles. The molecule has 3 heterocycles. The minimum atomic E-state index is -0.865. The van der Waals surface area contributed by atoms with Gasteiger partial charge < -0.3 is 34.7 Å². The first kappa shape index (κ1) is 29.0. The predicted molar refractivity (Wildman–Crippen MR) is 152 cm³/mol. The summed E-state index contributed by atoms with van der Waals surface area (Å²) < 4.78 is 22.3. The second kappa shape index (κ2) is 13.4. The first-order valence-electron chi connectivity index (χ1n) is 14.7. The van der Waals surface area contributed by atoms with Crippen LogP contribution in [0.5, 0.6) is 23.0 Å². The van der Waals surface area contributed by atoms with Gasteiger partial charge in [0.15, 0.2) is 23.0 Å². The molecule has 10 heteroatoms. The number of hydrogen-bond acceptors (Lipinski definition) is 8. The number of carbonyl (C=O) groups is 2. The normalized spacial score (nSPS) is 20.9. The van der Waals surface area contributed by atoms with Crippen LogP contribution in [0, 0.1) is 5.92 Å². The minimum absolute atomic E-state index is 0.0354. The standard InChI is InChI=1S/C31H41N3O7/c1-2-3-14-33(15-5-4-13-32)28(35)18-34-17-23(22-10-12-25-27(16-22)40-19-38-25)29(31(36)37)24(34)11-9-21-7-6-8-26-30(21)41-20-39-26/h6-8,10,12,16,23-24,29H,2-5,9,11,13-15,17-20,32H2,1H3,(H,36,37)/t23-,24+,29-/m1/s1. The molecular formula is C31H41N3O7. The maximum atomic E-state index is 13.7. The van der Waals surface area contributed by atoms with Crippen LogP contribution >= 0.6 is 0 Å². The summed E-state index contributed by atoms with van der Waals surface area (Å²) in [4.78, 5) is 30.6. The van der Waals surface area contributed by atoms with E-state index in [1.165, 1.54) is 0 Å². The molecule has 2 aromatic carbocycles. The molecule has 0 saturated carbocycles. The lowest BCUT2D eigenvalue weighted by molar-refractivity contribution is -0.143. The number of aliphatic carboxylic acids is 1. The third-order valence-electron chi connectivity index (χ3n) is 8.40. The highest BCUT2D eigenvalue weighted by molar-refractivity contribution is 5.79. The highest BCUT2D eigenvalue weighted by Crippen LogP contribution is 2.44. The quantitative estimate of drug-likeness (QED) is 0.330. The van der Waals surface area contributed by atoms with Gasteiger partial charge in [-0.25, -0.2) is 0 Å². The zero-order chi connectivity index (χ0) is 28.8. The van der Waals surface area contributed by atoms with Gasteiger partial charge in [-0.05, 0) is 68.0 Å². The Kier molecular flexibility index (Phi) is 9.51. The van der Waals surface area contributed by atoms with Crippen molar-refractivity contribution in [3.05, 3.63) is 47.5 Å². The molecule has 3 atom stereocenters. The number of para-hydroxylation sites is 1. The molecule has 3 N–H and O–H groups in total. The van der Waals surface area contributed by atoms with Crippen molar-refractivity contribution in [2.24, 2.45) is 11.7 Å². The number of hydrogen-bond donors (Lipinski definition) is 2. The third-order valence-corrected chi connectivity index (χ3v) is 8.40. The van der Waals surface area contributed by atoms with Crippen LogP contribution in [0.4, 0.5) is 0 Å². The van der Waals surface area contributed by atoms with E-state index in [4.69, 9.17) is 24.7 Å². The molecule has 3 aliphatic heterocycles. The molecule has 1 amide bonds. The van der Waals surface area contributed by atoms with Crippen LogP contribution < -0.4 is 24.7 Å². The molecule has 1 fully saturated rings. The van der Waals surface area contributed by atoms with Gasteiger partial charge in [0.2, 0.25) is 19.5 Å². The van der Waals surface area contributed by atoms with Gasteiger partial charge in [0.1, 0.15) is 0 Å². The van der Waals surface area contributed by atoms with E-state index < -0.39 is 11.9 Å². The van der Waals surface area contributed by atoms with Crippen molar-refractivity contribution in [3.8, 4) is 23.0 Å². The minimum Gasteiger partial charge on any atom is -0.481 e. The highest BCUT2D eigenvalue weighted by Gasteiger charge is 2.47. The van der Waals surface area contributed by atoms with Gasteiger partial charge in [0.25, 0.3) is 0 Å².